The molecule has 0 aliphatic heterocycles. The molecule has 3 aromatic carbocycles. The minimum atomic E-state index is -0.882. The van der Waals surface area contributed by atoms with Gasteiger partial charge in [0.25, 0.3) is 5.91 Å². The first-order valence-corrected chi connectivity index (χ1v) is 10.8. The van der Waals surface area contributed by atoms with E-state index < -0.39 is 12.0 Å². The number of halogens is 2. The summed E-state index contributed by atoms with van der Waals surface area (Å²) in [4.78, 5) is 14.1. The van der Waals surface area contributed by atoms with Gasteiger partial charge < -0.3 is 9.64 Å². The highest BCUT2D eigenvalue weighted by Gasteiger charge is 2.20. The summed E-state index contributed by atoms with van der Waals surface area (Å²) in [5.41, 5.74) is 5.03. The van der Waals surface area contributed by atoms with Gasteiger partial charge >= 0.3 is 0 Å². The highest BCUT2D eigenvalue weighted by Crippen LogP contribution is 2.25. The Morgan fingerprint density at radius 2 is 1.79 bits per heavy atom. The van der Waals surface area contributed by atoms with Crippen molar-refractivity contribution in [3.63, 3.8) is 0 Å². The van der Waals surface area contributed by atoms with Gasteiger partial charge in [0.05, 0.1) is 0 Å². The molecule has 33 heavy (non-hydrogen) atoms. The molecule has 1 amide bonds. The molecule has 0 radical (unpaired) electrons. The van der Waals surface area contributed by atoms with Crippen LogP contribution in [0.2, 0.25) is 0 Å². The van der Waals surface area contributed by atoms with Crippen LogP contribution in [-0.2, 0) is 4.79 Å². The normalized spacial score (nSPS) is 11.7. The van der Waals surface area contributed by atoms with Crippen LogP contribution >= 0.6 is 0 Å². The number of hydrogen-bond acceptors (Lipinski definition) is 4. The van der Waals surface area contributed by atoms with Crippen LogP contribution in [-0.4, -0.2) is 30.8 Å². The maximum absolute atomic E-state index is 13.5. The number of benzene rings is 3. The summed E-state index contributed by atoms with van der Waals surface area (Å²) in [5.74, 6) is -0.884. The number of amides is 1. The summed E-state index contributed by atoms with van der Waals surface area (Å²) in [7, 11) is 1.99. The van der Waals surface area contributed by atoms with E-state index in [1.165, 1.54) is 30.3 Å². The topological polar surface area (TPSA) is 61.8 Å². The van der Waals surface area contributed by atoms with Crippen molar-refractivity contribution in [3.05, 3.63) is 83.9 Å². The van der Waals surface area contributed by atoms with Gasteiger partial charge in [0.1, 0.15) is 17.4 Å². The Kier molecular flexibility index (Phi) is 8.38. The first-order chi connectivity index (χ1) is 15.9. The number of hydrogen-bond donors (Lipinski definition) is 2. The van der Waals surface area contributed by atoms with Crippen molar-refractivity contribution < 1.29 is 23.5 Å². The lowest BCUT2D eigenvalue weighted by atomic mass is 10.0. The quantitative estimate of drug-likeness (QED) is 0.241. The molecule has 1 unspecified atom stereocenters. The first kappa shape index (κ1) is 24.2. The molecule has 2 N–H and O–H groups in total. The van der Waals surface area contributed by atoms with Gasteiger partial charge in [-0.1, -0.05) is 24.3 Å². The predicted molar refractivity (Wildman–Crippen MR) is 124 cm³/mol. The van der Waals surface area contributed by atoms with E-state index >= 15 is 0 Å². The van der Waals surface area contributed by atoms with Crippen LogP contribution in [0.3, 0.4) is 0 Å². The fraction of sp³-hybridized carbons (Fsp3) is 0.269. The van der Waals surface area contributed by atoms with Crippen LogP contribution < -0.4 is 15.1 Å². The van der Waals surface area contributed by atoms with Crippen molar-refractivity contribution >= 4 is 11.6 Å². The predicted octanol–water partition coefficient (Wildman–Crippen LogP) is 5.50. The number of nitrogens with one attached hydrogen (secondary N) is 1. The zero-order valence-corrected chi connectivity index (χ0v) is 18.7. The van der Waals surface area contributed by atoms with Crippen molar-refractivity contribution in [3.8, 4) is 16.9 Å². The summed E-state index contributed by atoms with van der Waals surface area (Å²) in [5, 5.41) is 9.04. The zero-order chi connectivity index (χ0) is 23.8. The zero-order valence-electron chi connectivity index (χ0n) is 18.7. The second kappa shape index (κ2) is 11.4. The average Bonchev–Trinajstić information content (AvgIpc) is 2.83. The molecular weight excluding hydrogens is 426 g/mol. The monoisotopic (exact) mass is 454 g/mol. The molecule has 0 aliphatic carbocycles. The third kappa shape index (κ3) is 6.76. The molecule has 5 nitrogen and oxygen atoms in total. The lowest BCUT2D eigenvalue weighted by molar-refractivity contribution is -0.136. The second-order valence-electron chi connectivity index (χ2n) is 7.97. The van der Waals surface area contributed by atoms with E-state index in [0.717, 1.165) is 29.8 Å². The molecule has 7 heteroatoms. The van der Waals surface area contributed by atoms with Gasteiger partial charge in [-0.15, -0.1) is 0 Å². The van der Waals surface area contributed by atoms with Crippen LogP contribution in [0.1, 0.15) is 24.8 Å². The van der Waals surface area contributed by atoms with Crippen LogP contribution in [0.25, 0.3) is 11.1 Å². The van der Waals surface area contributed by atoms with E-state index in [9.17, 15) is 13.6 Å². The number of nitrogens with zero attached hydrogens (tertiary/aromatic N) is 1. The Morgan fingerprint density at radius 1 is 1.03 bits per heavy atom. The molecule has 174 valence electrons. The summed E-state index contributed by atoms with van der Waals surface area (Å²) in [6, 6.07) is 18.7. The number of unbranched alkanes of at least 4 members (excludes halogenated alkanes) is 1. The van der Waals surface area contributed by atoms with Crippen LogP contribution in [0, 0.1) is 18.6 Å². The number of carbonyl (C=O) groups excluding carboxylic acids is 1. The maximum Gasteiger partial charge on any atom is 0.284 e. The van der Waals surface area contributed by atoms with E-state index in [0.29, 0.717) is 24.2 Å². The third-order valence-corrected chi connectivity index (χ3v) is 5.48. The van der Waals surface area contributed by atoms with E-state index in [4.69, 9.17) is 9.94 Å². The maximum atomic E-state index is 13.5. The lowest BCUT2D eigenvalue weighted by Crippen LogP contribution is -2.36. The van der Waals surface area contributed by atoms with E-state index in [2.05, 4.69) is 11.0 Å². The first-order valence-electron chi connectivity index (χ1n) is 10.8. The van der Waals surface area contributed by atoms with Gasteiger partial charge in [0.2, 0.25) is 0 Å². The van der Waals surface area contributed by atoms with Crippen molar-refractivity contribution in [2.24, 2.45) is 0 Å². The van der Waals surface area contributed by atoms with Gasteiger partial charge in [-0.25, -0.2) is 14.3 Å². The largest absolute Gasteiger partial charge is 0.481 e. The average molecular weight is 455 g/mol. The number of rotatable bonds is 10. The van der Waals surface area contributed by atoms with Gasteiger partial charge in [-0.05, 0) is 85.3 Å². The molecule has 0 spiro atoms. The van der Waals surface area contributed by atoms with Crippen molar-refractivity contribution in [1.29, 1.82) is 0 Å². The smallest absolute Gasteiger partial charge is 0.284 e. The van der Waals surface area contributed by atoms with E-state index in [-0.39, 0.29) is 11.6 Å². The number of ether oxygens (including phenoxy) is 1. The fourth-order valence-corrected chi connectivity index (χ4v) is 3.54. The SMILES string of the molecule is Cc1cc(OC(CCCCN(C)c2cccc(-c3ccc(F)cc3)c2)C(=O)NO)ccc1F. The minimum Gasteiger partial charge on any atom is -0.481 e. The molecule has 0 fully saturated rings. The molecule has 0 aliphatic rings. The van der Waals surface area contributed by atoms with Crippen molar-refractivity contribution in [1.82, 2.24) is 5.48 Å². The second-order valence-corrected chi connectivity index (χ2v) is 7.97. The highest BCUT2D eigenvalue weighted by atomic mass is 19.1. The van der Waals surface area contributed by atoms with Crippen LogP contribution in [0.5, 0.6) is 5.75 Å². The number of aryl methyl sites for hydroxylation is 1. The minimum absolute atomic E-state index is 0.265. The third-order valence-electron chi connectivity index (χ3n) is 5.48. The summed E-state index contributed by atoms with van der Waals surface area (Å²) >= 11 is 0. The molecule has 3 aromatic rings. The molecule has 3 rings (SSSR count). The fourth-order valence-electron chi connectivity index (χ4n) is 3.54. The van der Waals surface area contributed by atoms with Crippen LogP contribution in [0.4, 0.5) is 14.5 Å². The van der Waals surface area contributed by atoms with Gasteiger partial charge in [-0.3, -0.25) is 10.0 Å². The lowest BCUT2D eigenvalue weighted by Gasteiger charge is -2.21. The Morgan fingerprint density at radius 3 is 2.48 bits per heavy atom. The summed E-state index contributed by atoms with van der Waals surface area (Å²) < 4.78 is 32.4. The van der Waals surface area contributed by atoms with Gasteiger partial charge in [0, 0.05) is 19.3 Å². The van der Waals surface area contributed by atoms with Gasteiger partial charge in [-0.2, -0.15) is 0 Å². The summed E-state index contributed by atoms with van der Waals surface area (Å²) in [6.07, 6.45) is 0.983. The number of hydroxylamine groups is 1. The standard InChI is InChI=1S/C26H28F2N2O3/c1-18-16-23(13-14-24(18)28)33-25(26(31)29-32)8-3-4-15-30(2)22-7-5-6-20(17-22)19-9-11-21(27)12-10-19/h5-7,9-14,16-17,25,32H,3-4,8,15H2,1-2H3,(H,29,31). The molecule has 0 saturated heterocycles. The molecule has 0 aromatic heterocycles. The molecule has 0 saturated carbocycles. The Labute approximate surface area is 192 Å². The van der Waals surface area contributed by atoms with E-state index in [1.807, 2.05) is 25.2 Å². The Bertz CT molecular complexity index is 1070. The van der Waals surface area contributed by atoms with Crippen molar-refractivity contribution in [2.45, 2.75) is 32.3 Å². The number of anilines is 1. The Balaban J connectivity index is 1.54. The summed E-state index contributed by atoms with van der Waals surface area (Å²) in [6.45, 7) is 2.36. The van der Waals surface area contributed by atoms with Crippen LogP contribution in [0.15, 0.2) is 66.7 Å². The molecular formula is C26H28F2N2O3. The molecule has 0 heterocycles. The van der Waals surface area contributed by atoms with Gasteiger partial charge in [0.15, 0.2) is 6.10 Å². The Hall–Kier alpha value is -3.45. The van der Waals surface area contributed by atoms with E-state index in [1.54, 1.807) is 24.5 Å². The highest BCUT2D eigenvalue weighted by molar-refractivity contribution is 5.79. The number of carbonyl (C=O) groups is 1. The molecule has 0 bridgehead atoms. The molecule has 1 atom stereocenters. The van der Waals surface area contributed by atoms with Crippen molar-refractivity contribution in [2.75, 3.05) is 18.5 Å².